The number of hydrogen-bond acceptors (Lipinski definition) is 6. The van der Waals surface area contributed by atoms with Gasteiger partial charge in [-0.15, -0.1) is 0 Å². The SMILES string of the molecule is CC(C)(CO)CNc1nc(N)nc(Cl)c1N. The first-order valence-electron chi connectivity index (χ1n) is 4.79. The number of anilines is 3. The summed E-state index contributed by atoms with van der Waals surface area (Å²) in [5.41, 5.74) is 11.1. The number of aromatic nitrogens is 2. The quantitative estimate of drug-likeness (QED) is 0.582. The van der Waals surface area contributed by atoms with Gasteiger partial charge in [-0.25, -0.2) is 0 Å². The number of aliphatic hydroxyl groups is 1. The number of aliphatic hydroxyl groups excluding tert-OH is 1. The number of rotatable bonds is 4. The molecule has 7 heteroatoms. The Morgan fingerprint density at radius 2 is 2.00 bits per heavy atom. The fraction of sp³-hybridized carbons (Fsp3) is 0.556. The maximum absolute atomic E-state index is 9.10. The second kappa shape index (κ2) is 4.71. The van der Waals surface area contributed by atoms with E-state index in [2.05, 4.69) is 15.3 Å². The van der Waals surface area contributed by atoms with E-state index in [1.54, 1.807) is 0 Å². The molecule has 6 nitrogen and oxygen atoms in total. The molecule has 1 aromatic heterocycles. The van der Waals surface area contributed by atoms with E-state index in [0.717, 1.165) is 0 Å². The lowest BCUT2D eigenvalue weighted by Gasteiger charge is -2.22. The minimum atomic E-state index is -0.279. The number of nitrogen functional groups attached to an aromatic ring is 2. The lowest BCUT2D eigenvalue weighted by Crippen LogP contribution is -2.27. The molecular formula is C9H16ClN5O. The van der Waals surface area contributed by atoms with Crippen LogP contribution < -0.4 is 16.8 Å². The van der Waals surface area contributed by atoms with Gasteiger partial charge >= 0.3 is 0 Å². The molecule has 1 rings (SSSR count). The summed E-state index contributed by atoms with van der Waals surface area (Å²) in [7, 11) is 0. The van der Waals surface area contributed by atoms with Crippen molar-refractivity contribution in [3.8, 4) is 0 Å². The van der Waals surface area contributed by atoms with Gasteiger partial charge in [0.05, 0.1) is 0 Å². The molecule has 0 unspecified atom stereocenters. The van der Waals surface area contributed by atoms with Crippen molar-refractivity contribution in [2.75, 3.05) is 29.9 Å². The number of nitrogens with two attached hydrogens (primary N) is 2. The predicted molar refractivity (Wildman–Crippen MR) is 65.2 cm³/mol. The minimum Gasteiger partial charge on any atom is -0.396 e. The van der Waals surface area contributed by atoms with Crippen molar-refractivity contribution >= 4 is 29.1 Å². The lowest BCUT2D eigenvalue weighted by molar-refractivity contribution is 0.171. The third-order valence-electron chi connectivity index (χ3n) is 2.08. The smallest absolute Gasteiger partial charge is 0.223 e. The summed E-state index contributed by atoms with van der Waals surface area (Å²) in [6.45, 7) is 4.36. The maximum atomic E-state index is 9.10. The zero-order valence-corrected chi connectivity index (χ0v) is 10.0. The summed E-state index contributed by atoms with van der Waals surface area (Å²) < 4.78 is 0. The molecule has 0 spiro atoms. The van der Waals surface area contributed by atoms with Gasteiger partial charge in [-0.3, -0.25) is 0 Å². The van der Waals surface area contributed by atoms with Crippen molar-refractivity contribution in [3.63, 3.8) is 0 Å². The molecule has 0 saturated carbocycles. The number of nitrogens with zero attached hydrogens (tertiary/aromatic N) is 2. The van der Waals surface area contributed by atoms with Gasteiger partial charge < -0.3 is 21.9 Å². The van der Waals surface area contributed by atoms with Gasteiger partial charge in [-0.1, -0.05) is 25.4 Å². The summed E-state index contributed by atoms with van der Waals surface area (Å²) in [6, 6.07) is 0. The average molecular weight is 246 g/mol. The molecule has 0 aliphatic heterocycles. The second-order valence-electron chi connectivity index (χ2n) is 4.31. The molecule has 16 heavy (non-hydrogen) atoms. The van der Waals surface area contributed by atoms with Gasteiger partial charge in [0.2, 0.25) is 5.95 Å². The van der Waals surface area contributed by atoms with E-state index < -0.39 is 0 Å². The molecule has 0 saturated heterocycles. The molecule has 0 aliphatic rings. The molecule has 90 valence electrons. The molecule has 0 bridgehead atoms. The minimum absolute atomic E-state index is 0.0498. The van der Waals surface area contributed by atoms with E-state index in [1.807, 2.05) is 13.8 Å². The van der Waals surface area contributed by atoms with Crippen molar-refractivity contribution < 1.29 is 5.11 Å². The Bertz CT molecular complexity index is 382. The third-order valence-corrected chi connectivity index (χ3v) is 2.37. The van der Waals surface area contributed by atoms with E-state index >= 15 is 0 Å². The topological polar surface area (TPSA) is 110 Å². The van der Waals surface area contributed by atoms with Crippen LogP contribution in [0.15, 0.2) is 0 Å². The average Bonchev–Trinajstić information content (AvgIpc) is 2.21. The second-order valence-corrected chi connectivity index (χ2v) is 4.67. The first-order chi connectivity index (χ1) is 7.35. The van der Waals surface area contributed by atoms with E-state index in [9.17, 15) is 0 Å². The predicted octanol–water partition coefficient (Wildman–Crippen LogP) is 0.725. The van der Waals surface area contributed by atoms with Crippen LogP contribution in [0.1, 0.15) is 13.8 Å². The van der Waals surface area contributed by atoms with Crippen LogP contribution in [-0.2, 0) is 0 Å². The molecule has 0 radical (unpaired) electrons. The van der Waals surface area contributed by atoms with Gasteiger partial charge in [0.1, 0.15) is 5.69 Å². The Morgan fingerprint density at radius 3 is 2.56 bits per heavy atom. The zero-order valence-electron chi connectivity index (χ0n) is 9.29. The van der Waals surface area contributed by atoms with E-state index in [4.69, 9.17) is 28.2 Å². The fourth-order valence-electron chi connectivity index (χ4n) is 0.972. The number of halogens is 1. The number of nitrogens with one attached hydrogen (secondary N) is 1. The molecule has 0 amide bonds. The van der Waals surface area contributed by atoms with Crippen LogP contribution in [-0.4, -0.2) is 28.2 Å². The molecule has 0 fully saturated rings. The summed E-state index contributed by atoms with van der Waals surface area (Å²) in [6.07, 6.45) is 0. The first-order valence-corrected chi connectivity index (χ1v) is 5.17. The first kappa shape index (κ1) is 12.8. The van der Waals surface area contributed by atoms with Crippen molar-refractivity contribution in [2.24, 2.45) is 5.41 Å². The molecule has 0 aromatic carbocycles. The molecule has 0 aliphatic carbocycles. The Morgan fingerprint density at radius 1 is 1.38 bits per heavy atom. The van der Waals surface area contributed by atoms with Crippen LogP contribution in [0.25, 0.3) is 0 Å². The van der Waals surface area contributed by atoms with Crippen LogP contribution in [0.3, 0.4) is 0 Å². The lowest BCUT2D eigenvalue weighted by atomic mass is 9.95. The Labute approximate surface area is 99.0 Å². The highest BCUT2D eigenvalue weighted by Gasteiger charge is 2.17. The molecule has 1 heterocycles. The number of hydrogen-bond donors (Lipinski definition) is 4. The highest BCUT2D eigenvalue weighted by Crippen LogP contribution is 2.25. The molecular weight excluding hydrogens is 230 g/mol. The maximum Gasteiger partial charge on any atom is 0.223 e. The van der Waals surface area contributed by atoms with E-state index in [-0.39, 0.29) is 28.8 Å². The van der Waals surface area contributed by atoms with E-state index in [0.29, 0.717) is 12.4 Å². The van der Waals surface area contributed by atoms with Crippen molar-refractivity contribution in [1.29, 1.82) is 0 Å². The summed E-state index contributed by atoms with van der Waals surface area (Å²) in [5, 5.41) is 12.2. The van der Waals surface area contributed by atoms with Crippen LogP contribution in [0.4, 0.5) is 17.5 Å². The highest BCUT2D eigenvalue weighted by atomic mass is 35.5. The van der Waals surface area contributed by atoms with Crippen LogP contribution in [0, 0.1) is 5.41 Å². The van der Waals surface area contributed by atoms with Gasteiger partial charge in [-0.05, 0) is 0 Å². The Balaban J connectivity index is 2.82. The van der Waals surface area contributed by atoms with Crippen molar-refractivity contribution in [3.05, 3.63) is 5.15 Å². The van der Waals surface area contributed by atoms with E-state index in [1.165, 1.54) is 0 Å². The zero-order chi connectivity index (χ0) is 12.3. The van der Waals surface area contributed by atoms with Crippen LogP contribution >= 0.6 is 11.6 Å². The van der Waals surface area contributed by atoms with Gasteiger partial charge in [-0.2, -0.15) is 9.97 Å². The normalized spacial score (nSPS) is 11.5. The largest absolute Gasteiger partial charge is 0.396 e. The molecule has 1 aromatic rings. The highest BCUT2D eigenvalue weighted by molar-refractivity contribution is 6.32. The van der Waals surface area contributed by atoms with Gasteiger partial charge in [0, 0.05) is 18.6 Å². The molecule has 0 atom stereocenters. The van der Waals surface area contributed by atoms with Gasteiger partial charge in [0.25, 0.3) is 0 Å². The van der Waals surface area contributed by atoms with Crippen molar-refractivity contribution in [2.45, 2.75) is 13.8 Å². The fourth-order valence-corrected chi connectivity index (χ4v) is 1.15. The summed E-state index contributed by atoms with van der Waals surface area (Å²) in [5.74, 6) is 0.447. The summed E-state index contributed by atoms with van der Waals surface area (Å²) >= 11 is 5.76. The molecule has 6 N–H and O–H groups in total. The van der Waals surface area contributed by atoms with Crippen LogP contribution in [0.2, 0.25) is 5.15 Å². The third kappa shape index (κ3) is 3.11. The Kier molecular flexibility index (Phi) is 3.77. The van der Waals surface area contributed by atoms with Gasteiger partial charge in [0.15, 0.2) is 11.0 Å². The Hall–Kier alpha value is -1.27. The standard InChI is InChI=1S/C9H16ClN5O/c1-9(2,4-16)3-13-7-5(11)6(10)14-8(12)15-7/h16H,3-4,11H2,1-2H3,(H3,12,13,14,15). The monoisotopic (exact) mass is 245 g/mol. The van der Waals surface area contributed by atoms with Crippen LogP contribution in [0.5, 0.6) is 0 Å². The summed E-state index contributed by atoms with van der Waals surface area (Å²) in [4.78, 5) is 7.65. The van der Waals surface area contributed by atoms with Crippen molar-refractivity contribution in [1.82, 2.24) is 9.97 Å².